The number of carbonyl (C=O) groups excluding carboxylic acids is 2. The van der Waals surface area contributed by atoms with Crippen molar-refractivity contribution in [3.8, 4) is 6.07 Å². The number of aryl methyl sites for hydroxylation is 1. The monoisotopic (exact) mass is 436 g/mol. The Bertz CT molecular complexity index is 1040. The van der Waals surface area contributed by atoms with Gasteiger partial charge in [0.1, 0.15) is 11.6 Å². The summed E-state index contributed by atoms with van der Waals surface area (Å²) in [5.41, 5.74) is 3.74. The lowest BCUT2D eigenvalue weighted by molar-refractivity contribution is -0.112. The van der Waals surface area contributed by atoms with E-state index in [1.165, 1.54) is 0 Å². The summed E-state index contributed by atoms with van der Waals surface area (Å²) in [6.07, 6.45) is 1.60. The summed E-state index contributed by atoms with van der Waals surface area (Å²) < 4.78 is 7.39. The number of nitrogens with one attached hydrogen (secondary N) is 1. The molecule has 0 saturated carbocycles. The van der Waals surface area contributed by atoms with E-state index in [4.69, 9.17) is 4.74 Å². The summed E-state index contributed by atoms with van der Waals surface area (Å²) in [7, 11) is 1.66. The number of hydrogen-bond donors (Lipinski definition) is 1. The molecule has 1 heterocycles. The Morgan fingerprint density at radius 3 is 2.53 bits per heavy atom. The number of rotatable bonds is 9. The Balaban J connectivity index is 2.27. The number of aromatic nitrogens is 1. The number of methoxy groups -OCH3 is 1. The molecule has 0 saturated heterocycles. The van der Waals surface area contributed by atoms with Crippen molar-refractivity contribution in [1.29, 1.82) is 5.26 Å². The summed E-state index contributed by atoms with van der Waals surface area (Å²) >= 11 is 0. The third-order valence-electron chi connectivity index (χ3n) is 5.46. The highest BCUT2D eigenvalue weighted by Gasteiger charge is 2.17. The van der Waals surface area contributed by atoms with Gasteiger partial charge in [-0.15, -0.1) is 0 Å². The Hall–Kier alpha value is -3.37. The number of amides is 2. The summed E-state index contributed by atoms with van der Waals surface area (Å²) in [6.45, 7) is 11.6. The second-order valence-electron chi connectivity index (χ2n) is 7.68. The molecule has 7 heteroatoms. The smallest absolute Gasteiger partial charge is 0.266 e. The molecular formula is C25H32N4O3. The van der Waals surface area contributed by atoms with Crippen LogP contribution in [0.1, 0.15) is 54.1 Å². The van der Waals surface area contributed by atoms with Gasteiger partial charge in [0.25, 0.3) is 11.8 Å². The number of carbonyl (C=O) groups is 2. The first-order valence-electron chi connectivity index (χ1n) is 10.8. The lowest BCUT2D eigenvalue weighted by atomic mass is 10.1. The van der Waals surface area contributed by atoms with Crippen LogP contribution in [0.5, 0.6) is 0 Å². The van der Waals surface area contributed by atoms with Crippen LogP contribution < -0.4 is 5.32 Å². The predicted octanol–water partition coefficient (Wildman–Crippen LogP) is 4.34. The van der Waals surface area contributed by atoms with Crippen LogP contribution in [0.15, 0.2) is 35.9 Å². The van der Waals surface area contributed by atoms with Gasteiger partial charge in [-0.2, -0.15) is 5.26 Å². The molecular weight excluding hydrogens is 404 g/mol. The van der Waals surface area contributed by atoms with Crippen LogP contribution in [0.4, 0.5) is 5.69 Å². The van der Waals surface area contributed by atoms with E-state index in [1.54, 1.807) is 42.4 Å². The molecule has 170 valence electrons. The van der Waals surface area contributed by atoms with Gasteiger partial charge < -0.3 is 19.5 Å². The van der Waals surface area contributed by atoms with Gasteiger partial charge in [-0.3, -0.25) is 9.59 Å². The normalized spacial score (nSPS) is 12.2. The molecule has 1 aromatic heterocycles. The molecule has 32 heavy (non-hydrogen) atoms. The number of nitriles is 1. The maximum atomic E-state index is 12.8. The fraction of sp³-hybridized carbons (Fsp3) is 0.400. The largest absolute Gasteiger partial charge is 0.383 e. The van der Waals surface area contributed by atoms with Gasteiger partial charge >= 0.3 is 0 Å². The zero-order valence-electron chi connectivity index (χ0n) is 19.7. The minimum absolute atomic E-state index is 0.00915. The number of hydrogen-bond acceptors (Lipinski definition) is 4. The fourth-order valence-corrected chi connectivity index (χ4v) is 3.87. The minimum Gasteiger partial charge on any atom is -0.383 e. The minimum atomic E-state index is -0.519. The molecule has 0 fully saturated rings. The number of benzene rings is 1. The van der Waals surface area contributed by atoms with Crippen molar-refractivity contribution in [2.24, 2.45) is 0 Å². The molecule has 0 bridgehead atoms. The number of anilines is 1. The Morgan fingerprint density at radius 1 is 1.25 bits per heavy atom. The topological polar surface area (TPSA) is 87.4 Å². The maximum absolute atomic E-state index is 12.8. The van der Waals surface area contributed by atoms with Crippen LogP contribution >= 0.6 is 0 Å². The molecule has 1 N–H and O–H groups in total. The Morgan fingerprint density at radius 2 is 1.94 bits per heavy atom. The van der Waals surface area contributed by atoms with E-state index in [0.717, 1.165) is 17.0 Å². The zero-order chi connectivity index (χ0) is 23.8. The summed E-state index contributed by atoms with van der Waals surface area (Å²) in [5, 5.41) is 12.3. The summed E-state index contributed by atoms with van der Waals surface area (Å²) in [4.78, 5) is 27.1. The lowest BCUT2D eigenvalue weighted by Gasteiger charge is -2.19. The molecule has 2 aromatic rings. The van der Waals surface area contributed by atoms with E-state index >= 15 is 0 Å². The van der Waals surface area contributed by atoms with Gasteiger partial charge in [0, 0.05) is 42.8 Å². The van der Waals surface area contributed by atoms with Gasteiger partial charge in [-0.05, 0) is 70.5 Å². The van der Waals surface area contributed by atoms with Crippen LogP contribution in [-0.4, -0.2) is 48.1 Å². The van der Waals surface area contributed by atoms with Crippen molar-refractivity contribution in [3.05, 3.63) is 58.4 Å². The van der Waals surface area contributed by atoms with E-state index < -0.39 is 5.91 Å². The lowest BCUT2D eigenvalue weighted by Crippen LogP contribution is -2.30. The molecule has 0 aliphatic rings. The molecule has 0 spiro atoms. The summed E-state index contributed by atoms with van der Waals surface area (Å²) in [6, 6.07) is 10.8. The Kier molecular flexibility index (Phi) is 8.80. The highest BCUT2D eigenvalue weighted by molar-refractivity contribution is 6.10. The van der Waals surface area contributed by atoms with E-state index in [9.17, 15) is 14.9 Å². The molecule has 7 nitrogen and oxygen atoms in total. The number of ether oxygens (including phenoxy) is 1. The third-order valence-corrected chi connectivity index (χ3v) is 5.46. The highest BCUT2D eigenvalue weighted by Crippen LogP contribution is 2.23. The zero-order valence-corrected chi connectivity index (χ0v) is 19.7. The van der Waals surface area contributed by atoms with Crippen LogP contribution in [-0.2, 0) is 9.53 Å². The molecule has 0 unspecified atom stereocenters. The predicted molar refractivity (Wildman–Crippen MR) is 126 cm³/mol. The van der Waals surface area contributed by atoms with Crippen molar-refractivity contribution in [2.75, 3.05) is 32.1 Å². The number of nitrogens with zero attached hydrogens (tertiary/aromatic N) is 3. The van der Waals surface area contributed by atoms with Crippen LogP contribution in [0, 0.1) is 25.2 Å². The fourth-order valence-electron chi connectivity index (χ4n) is 3.87. The molecule has 0 aliphatic heterocycles. The molecule has 2 rings (SSSR count). The van der Waals surface area contributed by atoms with Crippen LogP contribution in [0.2, 0.25) is 0 Å². The first kappa shape index (κ1) is 24.9. The van der Waals surface area contributed by atoms with E-state index in [2.05, 4.69) is 16.8 Å². The molecule has 1 aromatic carbocycles. The van der Waals surface area contributed by atoms with Crippen molar-refractivity contribution in [2.45, 2.75) is 40.7 Å². The van der Waals surface area contributed by atoms with Crippen molar-refractivity contribution in [3.63, 3.8) is 0 Å². The van der Waals surface area contributed by atoms with Gasteiger partial charge in [-0.1, -0.05) is 6.07 Å². The molecule has 2 amide bonds. The average Bonchev–Trinajstić information content (AvgIpc) is 3.05. The second-order valence-corrected chi connectivity index (χ2v) is 7.68. The first-order chi connectivity index (χ1) is 15.3. The van der Waals surface area contributed by atoms with Gasteiger partial charge in [-0.25, -0.2) is 0 Å². The first-order valence-corrected chi connectivity index (χ1v) is 10.8. The highest BCUT2D eigenvalue weighted by atomic mass is 16.5. The maximum Gasteiger partial charge on any atom is 0.266 e. The SMILES string of the molecule is CCN(CC)C(=O)c1cccc(NC(=O)/C(C#N)=C\c2cc(C)n([C@H](C)COC)c2C)c1. The molecule has 1 atom stereocenters. The van der Waals surface area contributed by atoms with Gasteiger partial charge in [0.15, 0.2) is 0 Å². The quantitative estimate of drug-likeness (QED) is 0.468. The van der Waals surface area contributed by atoms with Gasteiger partial charge in [0.05, 0.1) is 12.6 Å². The van der Waals surface area contributed by atoms with E-state index in [-0.39, 0.29) is 17.5 Å². The standard InChI is InChI=1S/C25H32N4O3/c1-7-28(8-2)25(31)20-10-9-11-23(14-20)27-24(30)22(15-26)13-21-12-17(3)29(19(21)5)18(4)16-32-6/h9-14,18H,7-8,16H2,1-6H3,(H,27,30)/b22-13-/t18-/m1/s1. The van der Waals surface area contributed by atoms with Crippen molar-refractivity contribution >= 4 is 23.6 Å². The van der Waals surface area contributed by atoms with E-state index in [1.807, 2.05) is 39.8 Å². The Labute approximate surface area is 190 Å². The van der Waals surface area contributed by atoms with Crippen LogP contribution in [0.3, 0.4) is 0 Å². The second kappa shape index (κ2) is 11.3. The van der Waals surface area contributed by atoms with E-state index in [0.29, 0.717) is 30.9 Å². The van der Waals surface area contributed by atoms with Crippen LogP contribution in [0.25, 0.3) is 6.08 Å². The molecule has 0 radical (unpaired) electrons. The molecule has 0 aliphatic carbocycles. The third kappa shape index (κ3) is 5.65. The van der Waals surface area contributed by atoms with Crippen molar-refractivity contribution in [1.82, 2.24) is 9.47 Å². The van der Waals surface area contributed by atoms with Gasteiger partial charge in [0.2, 0.25) is 0 Å². The van der Waals surface area contributed by atoms with Crippen molar-refractivity contribution < 1.29 is 14.3 Å². The summed E-state index contributed by atoms with van der Waals surface area (Å²) in [5.74, 6) is -0.616. The average molecular weight is 437 g/mol.